The lowest BCUT2D eigenvalue weighted by Crippen LogP contribution is -2.04. The van der Waals surface area contributed by atoms with E-state index in [1.165, 1.54) is 18.9 Å². The van der Waals surface area contributed by atoms with Crippen molar-refractivity contribution < 1.29 is 14.3 Å². The van der Waals surface area contributed by atoms with Gasteiger partial charge < -0.3 is 4.74 Å². The molecule has 0 amide bonds. The fourth-order valence-electron chi connectivity index (χ4n) is 2.09. The Morgan fingerprint density at radius 2 is 2.04 bits per heavy atom. The van der Waals surface area contributed by atoms with Crippen molar-refractivity contribution in [2.75, 3.05) is 12.9 Å². The first-order valence-electron chi connectivity index (χ1n) is 6.87. The first-order valence-corrected chi connectivity index (χ1v) is 8.67. The summed E-state index contributed by atoms with van der Waals surface area (Å²) in [5.41, 5.74) is 1.33. The number of aliphatic imine (C=N–C) groups is 1. The summed E-state index contributed by atoms with van der Waals surface area (Å²) in [6, 6.07) is 14.1. The molecule has 0 fully saturated rings. The van der Waals surface area contributed by atoms with Crippen LogP contribution in [-0.2, 0) is 14.3 Å². The zero-order valence-electron chi connectivity index (χ0n) is 12.3. The van der Waals surface area contributed by atoms with E-state index < -0.39 is 0 Å². The highest BCUT2D eigenvalue weighted by atomic mass is 32.2. The lowest BCUT2D eigenvalue weighted by Gasteiger charge is -1.99. The minimum atomic E-state index is -0.335. The van der Waals surface area contributed by atoms with E-state index in [1.54, 1.807) is 6.08 Å². The second kappa shape index (κ2) is 7.02. The van der Waals surface area contributed by atoms with Gasteiger partial charge in [-0.1, -0.05) is 48.2 Å². The quantitative estimate of drug-likeness (QED) is 0.628. The molecule has 6 heteroatoms. The van der Waals surface area contributed by atoms with Crippen LogP contribution in [0.5, 0.6) is 0 Å². The fraction of sp³-hybridized carbons (Fsp3) is 0.118. The molecule has 23 heavy (non-hydrogen) atoms. The van der Waals surface area contributed by atoms with Crippen molar-refractivity contribution in [3.05, 3.63) is 53.7 Å². The van der Waals surface area contributed by atoms with E-state index in [-0.39, 0.29) is 16.8 Å². The summed E-state index contributed by atoms with van der Waals surface area (Å²) in [6.07, 6.45) is 1.77. The van der Waals surface area contributed by atoms with E-state index in [4.69, 9.17) is 0 Å². The Balaban J connectivity index is 1.81. The Kier molecular flexibility index (Phi) is 4.83. The van der Waals surface area contributed by atoms with Gasteiger partial charge >= 0.3 is 5.97 Å². The van der Waals surface area contributed by atoms with Gasteiger partial charge in [-0.05, 0) is 40.2 Å². The molecule has 1 aliphatic heterocycles. The number of fused-ring (bicyclic) bond motifs is 1. The van der Waals surface area contributed by atoms with E-state index in [0.717, 1.165) is 28.1 Å². The van der Waals surface area contributed by atoms with Crippen molar-refractivity contribution >= 4 is 55.8 Å². The van der Waals surface area contributed by atoms with Crippen molar-refractivity contribution in [2.24, 2.45) is 4.99 Å². The molecule has 0 aromatic heterocycles. The van der Waals surface area contributed by atoms with Gasteiger partial charge in [0.05, 0.1) is 12.9 Å². The third kappa shape index (κ3) is 3.83. The number of benzene rings is 2. The summed E-state index contributed by atoms with van der Waals surface area (Å²) < 4.78 is 5.15. The second-order valence-corrected chi connectivity index (χ2v) is 6.95. The summed E-state index contributed by atoms with van der Waals surface area (Å²) in [7, 11) is 1.34. The standard InChI is InChI=1S/C17H13NO3S2/c1-21-15(19)10-22-17-18-14(16(20)23-17)9-11-6-7-12-4-2-3-5-13(12)8-11/h2-9H,10H2,1H3. The largest absolute Gasteiger partial charge is 0.468 e. The normalized spacial score (nSPS) is 16.0. The Morgan fingerprint density at radius 3 is 2.83 bits per heavy atom. The van der Waals surface area contributed by atoms with Gasteiger partial charge in [-0.15, -0.1) is 0 Å². The minimum Gasteiger partial charge on any atom is -0.468 e. The van der Waals surface area contributed by atoms with Crippen LogP contribution in [0.1, 0.15) is 5.56 Å². The number of carbonyl (C=O) groups is 2. The number of carbonyl (C=O) groups excluding carboxylic acids is 2. The average Bonchev–Trinajstić information content (AvgIpc) is 2.92. The molecule has 1 heterocycles. The molecule has 2 aromatic carbocycles. The molecule has 0 saturated carbocycles. The predicted octanol–water partition coefficient (Wildman–Crippen LogP) is 3.72. The summed E-state index contributed by atoms with van der Waals surface area (Å²) in [5, 5.41) is 2.16. The van der Waals surface area contributed by atoms with Crippen LogP contribution < -0.4 is 0 Å². The highest BCUT2D eigenvalue weighted by Gasteiger charge is 2.23. The topological polar surface area (TPSA) is 55.7 Å². The molecule has 116 valence electrons. The van der Waals surface area contributed by atoms with Gasteiger partial charge in [0.2, 0.25) is 5.12 Å². The van der Waals surface area contributed by atoms with Crippen LogP contribution in [0.3, 0.4) is 0 Å². The van der Waals surface area contributed by atoms with Crippen molar-refractivity contribution in [2.45, 2.75) is 0 Å². The van der Waals surface area contributed by atoms with Crippen LogP contribution in [0.25, 0.3) is 16.8 Å². The van der Waals surface area contributed by atoms with E-state index in [9.17, 15) is 9.59 Å². The number of hydrogen-bond acceptors (Lipinski definition) is 6. The summed E-state index contributed by atoms with van der Waals surface area (Å²) >= 11 is 2.26. The van der Waals surface area contributed by atoms with Crippen molar-refractivity contribution in [3.8, 4) is 0 Å². The second-order valence-electron chi connectivity index (χ2n) is 4.77. The minimum absolute atomic E-state index is 0.106. The first-order chi connectivity index (χ1) is 11.2. The van der Waals surface area contributed by atoms with Crippen LogP contribution >= 0.6 is 23.5 Å². The number of rotatable bonds is 3. The molecule has 0 N–H and O–H groups in total. The molecule has 3 rings (SSSR count). The van der Waals surface area contributed by atoms with Gasteiger partial charge in [-0.25, -0.2) is 4.99 Å². The molecule has 0 radical (unpaired) electrons. The molecular weight excluding hydrogens is 330 g/mol. The van der Waals surface area contributed by atoms with E-state index in [2.05, 4.69) is 9.73 Å². The van der Waals surface area contributed by atoms with Gasteiger partial charge in [-0.3, -0.25) is 9.59 Å². The maximum absolute atomic E-state index is 12.0. The zero-order chi connectivity index (χ0) is 16.2. The molecule has 0 saturated heterocycles. The summed E-state index contributed by atoms with van der Waals surface area (Å²) in [4.78, 5) is 27.5. The molecule has 0 aliphatic carbocycles. The predicted molar refractivity (Wildman–Crippen MR) is 96.4 cm³/mol. The van der Waals surface area contributed by atoms with Crippen molar-refractivity contribution in [3.63, 3.8) is 0 Å². The smallest absolute Gasteiger partial charge is 0.316 e. The SMILES string of the molecule is COC(=O)CSC1=NC(=Cc2ccc3ccccc3c2)C(=O)S1. The molecule has 0 unspecified atom stereocenters. The molecule has 0 spiro atoms. The molecule has 0 bridgehead atoms. The van der Waals surface area contributed by atoms with Crippen LogP contribution in [0.4, 0.5) is 0 Å². The number of nitrogens with zero attached hydrogens (tertiary/aromatic N) is 1. The highest BCUT2D eigenvalue weighted by molar-refractivity contribution is 8.45. The van der Waals surface area contributed by atoms with Crippen molar-refractivity contribution in [1.82, 2.24) is 0 Å². The Morgan fingerprint density at radius 1 is 1.26 bits per heavy atom. The highest BCUT2D eigenvalue weighted by Crippen LogP contribution is 2.31. The third-order valence-corrected chi connectivity index (χ3v) is 5.20. The fourth-order valence-corrected chi connectivity index (χ4v) is 3.76. The molecule has 1 aliphatic rings. The van der Waals surface area contributed by atoms with Crippen LogP contribution in [0, 0.1) is 0 Å². The molecule has 0 atom stereocenters. The first kappa shape index (κ1) is 15.8. The molecule has 4 nitrogen and oxygen atoms in total. The zero-order valence-corrected chi connectivity index (χ0v) is 13.9. The summed E-state index contributed by atoms with van der Waals surface area (Å²) in [6.45, 7) is 0. The lowest BCUT2D eigenvalue weighted by molar-refractivity contribution is -0.137. The summed E-state index contributed by atoms with van der Waals surface area (Å²) in [5.74, 6) is -0.184. The van der Waals surface area contributed by atoms with Gasteiger partial charge in [0, 0.05) is 0 Å². The average molecular weight is 343 g/mol. The van der Waals surface area contributed by atoms with Crippen molar-refractivity contribution in [1.29, 1.82) is 0 Å². The Bertz CT molecular complexity index is 843. The van der Waals surface area contributed by atoms with Gasteiger partial charge in [0.25, 0.3) is 0 Å². The monoisotopic (exact) mass is 343 g/mol. The van der Waals surface area contributed by atoms with Gasteiger partial charge in [0.1, 0.15) is 10.1 Å². The molecular formula is C17H13NO3S2. The maximum Gasteiger partial charge on any atom is 0.316 e. The maximum atomic E-state index is 12.0. The number of methoxy groups -OCH3 is 1. The third-order valence-electron chi connectivity index (χ3n) is 3.22. The Hall–Kier alpha value is -2.05. The van der Waals surface area contributed by atoms with Gasteiger partial charge in [0.15, 0.2) is 0 Å². The number of esters is 1. The van der Waals surface area contributed by atoms with Crippen LogP contribution in [-0.4, -0.2) is 28.3 Å². The van der Waals surface area contributed by atoms with E-state index in [0.29, 0.717) is 10.1 Å². The number of thioether (sulfide) groups is 2. The van der Waals surface area contributed by atoms with E-state index in [1.807, 2.05) is 42.5 Å². The number of ether oxygens (including phenoxy) is 1. The van der Waals surface area contributed by atoms with Crippen LogP contribution in [0.2, 0.25) is 0 Å². The Labute approximate surface area is 142 Å². The molecule has 2 aromatic rings. The lowest BCUT2D eigenvalue weighted by atomic mass is 10.1. The van der Waals surface area contributed by atoms with Gasteiger partial charge in [-0.2, -0.15) is 0 Å². The number of hydrogen-bond donors (Lipinski definition) is 0. The van der Waals surface area contributed by atoms with Crippen LogP contribution in [0.15, 0.2) is 53.2 Å². The van der Waals surface area contributed by atoms with E-state index >= 15 is 0 Å².